The highest BCUT2D eigenvalue weighted by Gasteiger charge is 2.10. The smallest absolute Gasteiger partial charge is 0.194 e. The first-order valence-electron chi connectivity index (χ1n) is 5.90. The van der Waals surface area contributed by atoms with Gasteiger partial charge in [0, 0.05) is 24.2 Å². The maximum absolute atomic E-state index is 4.54. The second-order valence-electron chi connectivity index (χ2n) is 4.09. The molecular formula is C12H19N3S. The van der Waals surface area contributed by atoms with Crippen molar-refractivity contribution in [2.75, 3.05) is 0 Å². The summed E-state index contributed by atoms with van der Waals surface area (Å²) in [5.41, 5.74) is 2.44. The highest BCUT2D eigenvalue weighted by atomic mass is 32.1. The van der Waals surface area contributed by atoms with Crippen molar-refractivity contribution in [3.8, 4) is 0 Å². The molecular weight excluding hydrogens is 218 g/mol. The zero-order valence-electron chi connectivity index (χ0n) is 10.2. The predicted octanol–water partition coefficient (Wildman–Crippen LogP) is 2.98. The van der Waals surface area contributed by atoms with Gasteiger partial charge in [-0.25, -0.2) is 4.98 Å². The zero-order valence-corrected chi connectivity index (χ0v) is 11.0. The van der Waals surface area contributed by atoms with Crippen molar-refractivity contribution in [2.45, 2.75) is 46.2 Å². The highest BCUT2D eigenvalue weighted by Crippen LogP contribution is 2.16. The van der Waals surface area contributed by atoms with E-state index in [0.29, 0.717) is 6.04 Å². The van der Waals surface area contributed by atoms with E-state index in [4.69, 9.17) is 0 Å². The quantitative estimate of drug-likeness (QED) is 0.866. The van der Waals surface area contributed by atoms with E-state index in [0.717, 1.165) is 17.2 Å². The number of nitrogens with zero attached hydrogens (tertiary/aromatic N) is 2. The lowest BCUT2D eigenvalue weighted by Crippen LogP contribution is -2.27. The number of aryl methyl sites for hydroxylation is 1. The standard InChI is InChI=1S/C12H19N3S/c1-4-10(5-2)13-8-11-9(3)14-12-15(11)6-7-16-12/h6-7,10,13H,4-5,8H2,1-3H3. The third-order valence-electron chi connectivity index (χ3n) is 3.11. The van der Waals surface area contributed by atoms with E-state index in [1.54, 1.807) is 11.3 Å². The number of fused-ring (bicyclic) bond motifs is 1. The van der Waals surface area contributed by atoms with Crippen molar-refractivity contribution in [1.29, 1.82) is 0 Å². The van der Waals surface area contributed by atoms with Crippen LogP contribution in [0.3, 0.4) is 0 Å². The number of imidazole rings is 1. The first-order chi connectivity index (χ1) is 7.76. The monoisotopic (exact) mass is 237 g/mol. The zero-order chi connectivity index (χ0) is 11.5. The molecule has 0 saturated heterocycles. The van der Waals surface area contributed by atoms with Crippen LogP contribution in [0.1, 0.15) is 38.1 Å². The van der Waals surface area contributed by atoms with Gasteiger partial charge in [0.25, 0.3) is 0 Å². The van der Waals surface area contributed by atoms with Gasteiger partial charge in [-0.1, -0.05) is 13.8 Å². The highest BCUT2D eigenvalue weighted by molar-refractivity contribution is 7.15. The van der Waals surface area contributed by atoms with Crippen LogP contribution in [0.25, 0.3) is 4.96 Å². The average Bonchev–Trinajstić information content (AvgIpc) is 2.82. The van der Waals surface area contributed by atoms with Gasteiger partial charge in [0.05, 0.1) is 11.4 Å². The van der Waals surface area contributed by atoms with Crippen molar-refractivity contribution in [3.63, 3.8) is 0 Å². The van der Waals surface area contributed by atoms with Crippen LogP contribution in [-0.4, -0.2) is 15.4 Å². The molecule has 2 aromatic heterocycles. The normalized spacial score (nSPS) is 11.8. The van der Waals surface area contributed by atoms with Gasteiger partial charge in [0.2, 0.25) is 0 Å². The van der Waals surface area contributed by atoms with Gasteiger partial charge in [-0.3, -0.25) is 4.40 Å². The molecule has 0 fully saturated rings. The summed E-state index contributed by atoms with van der Waals surface area (Å²) in [6.07, 6.45) is 4.46. The first-order valence-corrected chi connectivity index (χ1v) is 6.78. The summed E-state index contributed by atoms with van der Waals surface area (Å²) in [4.78, 5) is 5.64. The molecule has 1 N–H and O–H groups in total. The van der Waals surface area contributed by atoms with Gasteiger partial charge in [0.15, 0.2) is 4.96 Å². The lowest BCUT2D eigenvalue weighted by molar-refractivity contribution is 0.479. The molecule has 16 heavy (non-hydrogen) atoms. The Balaban J connectivity index is 2.13. The molecule has 88 valence electrons. The summed E-state index contributed by atoms with van der Waals surface area (Å²) in [5.74, 6) is 0. The largest absolute Gasteiger partial charge is 0.308 e. The Morgan fingerprint density at radius 3 is 2.88 bits per heavy atom. The SMILES string of the molecule is CCC(CC)NCc1c(C)nc2sccn12. The van der Waals surface area contributed by atoms with E-state index in [2.05, 4.69) is 47.0 Å². The van der Waals surface area contributed by atoms with Gasteiger partial charge in [-0.15, -0.1) is 11.3 Å². The molecule has 3 nitrogen and oxygen atoms in total. The summed E-state index contributed by atoms with van der Waals surface area (Å²) in [6, 6.07) is 0.614. The molecule has 4 heteroatoms. The fraction of sp³-hybridized carbons (Fsp3) is 0.583. The number of rotatable bonds is 5. The topological polar surface area (TPSA) is 29.3 Å². The molecule has 0 unspecified atom stereocenters. The molecule has 0 aliphatic rings. The first kappa shape index (κ1) is 11.6. The molecule has 0 aliphatic heterocycles. The average molecular weight is 237 g/mol. The Bertz CT molecular complexity index is 454. The van der Waals surface area contributed by atoms with Gasteiger partial charge in [0.1, 0.15) is 0 Å². The van der Waals surface area contributed by atoms with Crippen LogP contribution in [0.15, 0.2) is 11.6 Å². The lowest BCUT2D eigenvalue weighted by atomic mass is 10.1. The molecule has 0 radical (unpaired) electrons. The number of nitrogens with one attached hydrogen (secondary N) is 1. The van der Waals surface area contributed by atoms with E-state index >= 15 is 0 Å². The van der Waals surface area contributed by atoms with Crippen molar-refractivity contribution in [3.05, 3.63) is 23.0 Å². The lowest BCUT2D eigenvalue weighted by Gasteiger charge is -2.14. The summed E-state index contributed by atoms with van der Waals surface area (Å²) >= 11 is 1.69. The number of thiazole rings is 1. The van der Waals surface area contributed by atoms with Gasteiger partial charge < -0.3 is 5.32 Å². The van der Waals surface area contributed by atoms with Crippen LogP contribution in [0, 0.1) is 6.92 Å². The van der Waals surface area contributed by atoms with E-state index < -0.39 is 0 Å². The molecule has 2 aromatic rings. The molecule has 0 atom stereocenters. The third kappa shape index (κ3) is 2.13. The van der Waals surface area contributed by atoms with E-state index in [1.807, 2.05) is 0 Å². The van der Waals surface area contributed by atoms with Crippen LogP contribution < -0.4 is 5.32 Å². The second-order valence-corrected chi connectivity index (χ2v) is 4.97. The number of hydrogen-bond donors (Lipinski definition) is 1. The van der Waals surface area contributed by atoms with Crippen LogP contribution in [-0.2, 0) is 6.54 Å². The Kier molecular flexibility index (Phi) is 3.61. The molecule has 0 aliphatic carbocycles. The van der Waals surface area contributed by atoms with E-state index in [9.17, 15) is 0 Å². The van der Waals surface area contributed by atoms with Crippen LogP contribution in [0.2, 0.25) is 0 Å². The predicted molar refractivity (Wildman–Crippen MR) is 69.0 cm³/mol. The van der Waals surface area contributed by atoms with Crippen molar-refractivity contribution >= 4 is 16.3 Å². The Morgan fingerprint density at radius 2 is 2.19 bits per heavy atom. The van der Waals surface area contributed by atoms with Crippen LogP contribution in [0.4, 0.5) is 0 Å². The maximum atomic E-state index is 4.54. The second kappa shape index (κ2) is 4.97. The minimum Gasteiger partial charge on any atom is -0.308 e. The van der Waals surface area contributed by atoms with Gasteiger partial charge in [-0.05, 0) is 19.8 Å². The molecule has 0 saturated carbocycles. The van der Waals surface area contributed by atoms with Gasteiger partial charge >= 0.3 is 0 Å². The molecule has 2 heterocycles. The molecule has 0 bridgehead atoms. The summed E-state index contributed by atoms with van der Waals surface area (Å²) in [6.45, 7) is 7.45. The fourth-order valence-electron chi connectivity index (χ4n) is 1.97. The number of aromatic nitrogens is 2. The molecule has 0 spiro atoms. The molecule has 0 aromatic carbocycles. The Hall–Kier alpha value is -0.870. The van der Waals surface area contributed by atoms with Crippen molar-refractivity contribution < 1.29 is 0 Å². The summed E-state index contributed by atoms with van der Waals surface area (Å²) < 4.78 is 2.19. The summed E-state index contributed by atoms with van der Waals surface area (Å²) in [5, 5.41) is 5.67. The Labute approximate surface area is 101 Å². The summed E-state index contributed by atoms with van der Waals surface area (Å²) in [7, 11) is 0. The van der Waals surface area contributed by atoms with Crippen molar-refractivity contribution in [1.82, 2.24) is 14.7 Å². The fourth-order valence-corrected chi connectivity index (χ4v) is 2.75. The van der Waals surface area contributed by atoms with Crippen LogP contribution in [0.5, 0.6) is 0 Å². The minimum atomic E-state index is 0.614. The van der Waals surface area contributed by atoms with Gasteiger partial charge in [-0.2, -0.15) is 0 Å². The van der Waals surface area contributed by atoms with Crippen LogP contribution >= 0.6 is 11.3 Å². The maximum Gasteiger partial charge on any atom is 0.194 e. The van der Waals surface area contributed by atoms with Crippen molar-refractivity contribution in [2.24, 2.45) is 0 Å². The molecule has 2 rings (SSSR count). The van der Waals surface area contributed by atoms with E-state index in [1.165, 1.54) is 18.5 Å². The van der Waals surface area contributed by atoms with E-state index in [-0.39, 0.29) is 0 Å². The number of hydrogen-bond acceptors (Lipinski definition) is 3. The minimum absolute atomic E-state index is 0.614. The Morgan fingerprint density at radius 1 is 1.44 bits per heavy atom. The molecule has 0 amide bonds. The third-order valence-corrected chi connectivity index (χ3v) is 3.86.